The second-order valence-electron chi connectivity index (χ2n) is 27.3. The number of nitro benzene ring substituents is 4. The molecule has 124 heavy (non-hydrogen) atoms. The van der Waals surface area contributed by atoms with Crippen LogP contribution in [0.5, 0.6) is 28.7 Å². The first-order chi connectivity index (χ1) is 58.0. The molecule has 37 nitrogen and oxygen atoms in total. The number of benzene rings is 6. The summed E-state index contributed by atoms with van der Waals surface area (Å²) in [5.74, 6) is -12.7. The average Bonchev–Trinajstić information content (AvgIpc) is 0.812. The normalized spacial score (nSPS) is 9.69. The molecule has 0 bridgehead atoms. The molecule has 0 aliphatic carbocycles. The number of non-ortho nitro benzene ring substituents is 1. The first-order valence-corrected chi connectivity index (χ1v) is 40.0. The Morgan fingerprint density at radius 3 is 0.863 bits per heavy atom. The molecule has 6 rings (SSSR count). The lowest BCUT2D eigenvalue weighted by atomic mass is 10.1. The van der Waals surface area contributed by atoms with E-state index in [4.69, 9.17) is 66.4 Å². The van der Waals surface area contributed by atoms with Crippen LogP contribution in [0.25, 0.3) is 0 Å². The van der Waals surface area contributed by atoms with Crippen LogP contribution in [0.3, 0.4) is 0 Å². The lowest BCUT2D eigenvalue weighted by molar-refractivity contribution is -0.394. The van der Waals surface area contributed by atoms with Crippen molar-refractivity contribution in [3.05, 3.63) is 200 Å². The maximum atomic E-state index is 10.6. The fraction of sp³-hybridized carbons (Fsp3) is 0.471. The molecular formula is C87H124N4O33. The van der Waals surface area contributed by atoms with Gasteiger partial charge in [0.15, 0.2) is 5.75 Å². The number of nitrogens with zero attached hydrogens (tertiary/aromatic N) is 4. The van der Waals surface area contributed by atoms with Crippen molar-refractivity contribution in [1.82, 2.24) is 0 Å². The summed E-state index contributed by atoms with van der Waals surface area (Å²) in [4.78, 5) is 141. The molecule has 0 spiro atoms. The van der Waals surface area contributed by atoms with E-state index in [9.17, 15) is 98.6 Å². The van der Waals surface area contributed by atoms with Crippen molar-refractivity contribution in [1.29, 1.82) is 0 Å². The third kappa shape index (κ3) is 63.6. The molecule has 0 heterocycles. The number of nitro groups is 4. The molecule has 0 aliphatic heterocycles. The van der Waals surface area contributed by atoms with Crippen molar-refractivity contribution < 1.29 is 144 Å². The first-order valence-electron chi connectivity index (χ1n) is 40.0. The maximum Gasteiger partial charge on any atom is 0.340 e. The fourth-order valence-electron chi connectivity index (χ4n) is 10.2. The summed E-state index contributed by atoms with van der Waals surface area (Å²) in [5, 5.41) is 171. The number of carboxylic acids is 10. The lowest BCUT2D eigenvalue weighted by Gasteiger charge is -2.01. The van der Waals surface area contributed by atoms with Gasteiger partial charge in [0, 0.05) is 43.9 Å². The zero-order chi connectivity index (χ0) is 94.4. The summed E-state index contributed by atoms with van der Waals surface area (Å²) >= 11 is 0. The maximum absolute atomic E-state index is 10.6. The van der Waals surface area contributed by atoms with E-state index in [1.54, 1.807) is 36.4 Å². The van der Waals surface area contributed by atoms with E-state index in [1.165, 1.54) is 191 Å². The first kappa shape index (κ1) is 119. The van der Waals surface area contributed by atoms with Gasteiger partial charge in [0.05, 0.1) is 42.4 Å². The standard InChI is InChI=1S/C13H26O2.C11H22O2.C10H20O2.C8H7NO5.C8H8O2.C8H16O2.C7H4N2O7.C7H5NO5.2C7H6O3.CH4/c1-2-3-4-5-6-7-8-9-10-11-12-13(14)15;1-2-3-4-5-6-7-8-9-10-11(12)13;1-2-3-4-5-6-7-8-9-10(11)12;1-4-2-5(8(11)12)7(10)6(3-4)9(13)14;1-6-2-4-7(5-3-6)8(9)10;1-2-3-4-5-6-7-8(9)10;10-6-4(7(11)12)1-3(8(13)14)2-5(6)9(15)16;9-6-2-1-4(7(10)11)3-5(6)8(12)13;8-6-3-1-2-5(4-6)7(9)10;8-6-4-2-1-3-5(6)7(9)10;/h2-12H2,1H3,(H,14,15);2-10H2,1H3,(H,12,13);2-9H2,1H3,(H,11,12);2-3,10H,1H3,(H,11,12);2-5H,1H3,(H,9,10);2-7H2,1H3,(H,9,10);1-2,10H,(H,11,12);1-3,9H,(H,10,11);2*1-4,8H,(H,9,10);1H4. The number of phenols is 5. The number of unbranched alkanes of at least 4 members (excludes halogenated alkanes) is 26. The summed E-state index contributed by atoms with van der Waals surface area (Å²) in [6, 6.07) is 24.3. The third-order valence-electron chi connectivity index (χ3n) is 16.8. The lowest BCUT2D eigenvalue weighted by Crippen LogP contribution is -2.02. The minimum atomic E-state index is -1.69. The average molecular weight is 1750 g/mol. The topological polar surface area (TPSA) is 647 Å². The Morgan fingerprint density at radius 2 is 0.581 bits per heavy atom. The summed E-state index contributed by atoms with van der Waals surface area (Å²) in [5.41, 5.74) is -2.73. The van der Waals surface area contributed by atoms with Crippen molar-refractivity contribution in [2.75, 3.05) is 0 Å². The van der Waals surface area contributed by atoms with E-state index < -0.39 is 131 Å². The summed E-state index contributed by atoms with van der Waals surface area (Å²) < 4.78 is 0. The second-order valence-corrected chi connectivity index (χ2v) is 27.3. The molecule has 0 amide bonds. The van der Waals surface area contributed by atoms with Crippen molar-refractivity contribution >= 4 is 82.4 Å². The molecule has 6 aromatic carbocycles. The predicted octanol–water partition coefficient (Wildman–Crippen LogP) is 21.3. The molecule has 0 atom stereocenters. The van der Waals surface area contributed by atoms with Crippen LogP contribution in [0.2, 0.25) is 0 Å². The molecule has 0 aliphatic rings. The Labute approximate surface area is 720 Å². The van der Waals surface area contributed by atoms with Gasteiger partial charge in [-0.05, 0) is 106 Å². The van der Waals surface area contributed by atoms with Gasteiger partial charge in [-0.25, -0.2) is 28.8 Å². The summed E-state index contributed by atoms with van der Waals surface area (Å²) in [6.45, 7) is 12.2. The monoisotopic (exact) mass is 1750 g/mol. The van der Waals surface area contributed by atoms with Crippen molar-refractivity contribution in [3.63, 3.8) is 0 Å². The Balaban J connectivity index is -0.000000424. The minimum Gasteiger partial charge on any atom is -0.508 e. The highest BCUT2D eigenvalue weighted by Gasteiger charge is 2.27. The number of carboxylic acid groups (broad SMARTS) is 10. The van der Waals surface area contributed by atoms with Crippen molar-refractivity contribution in [3.8, 4) is 28.7 Å². The van der Waals surface area contributed by atoms with Gasteiger partial charge in [-0.3, -0.25) is 59.6 Å². The van der Waals surface area contributed by atoms with Gasteiger partial charge in [0.2, 0.25) is 11.5 Å². The molecule has 6 aromatic rings. The second kappa shape index (κ2) is 73.5. The third-order valence-corrected chi connectivity index (χ3v) is 16.8. The number of para-hydroxylation sites is 1. The summed E-state index contributed by atoms with van der Waals surface area (Å²) in [6.07, 6.45) is 37.5. The number of aromatic hydroxyl groups is 5. The van der Waals surface area contributed by atoms with Crippen LogP contribution in [0.1, 0.15) is 327 Å². The number of aromatic carboxylic acids is 6. The molecule has 0 fully saturated rings. The van der Waals surface area contributed by atoms with Gasteiger partial charge in [0.25, 0.3) is 5.69 Å². The molecule has 0 saturated carbocycles. The quantitative estimate of drug-likeness (QED) is 0.00959. The van der Waals surface area contributed by atoms with Crippen molar-refractivity contribution in [2.45, 2.75) is 267 Å². The number of aliphatic carboxylic acids is 4. The van der Waals surface area contributed by atoms with Crippen LogP contribution in [0, 0.1) is 54.3 Å². The fourth-order valence-corrected chi connectivity index (χ4v) is 10.2. The SMILES string of the molecule is C.CCCCCCCC(=O)O.CCCCCCCCCC(=O)O.CCCCCCCCCCC(=O)O.CCCCCCCCCCCCC(=O)O.Cc1cc(C(=O)O)c(O)c([N+](=O)[O-])c1.Cc1ccc(C(=O)O)cc1.O=C(O)c1cc([N+](=O)[O-])cc([N+](=O)[O-])c1O.O=C(O)c1ccc(O)c([N+](=O)[O-])c1.O=C(O)c1cccc(O)c1.O=C(O)c1ccccc1O. The van der Waals surface area contributed by atoms with Crippen LogP contribution in [-0.2, 0) is 19.2 Å². The Kier molecular flexibility index (Phi) is 70.7. The van der Waals surface area contributed by atoms with Gasteiger partial charge in [-0.1, -0.05) is 238 Å². The van der Waals surface area contributed by atoms with Gasteiger partial charge >= 0.3 is 76.8 Å². The number of hydrogen-bond acceptors (Lipinski definition) is 23. The molecule has 0 unspecified atom stereocenters. The molecule has 0 radical (unpaired) electrons. The molecule has 37 heteroatoms. The Bertz CT molecular complexity index is 4120. The van der Waals surface area contributed by atoms with E-state index in [0.29, 0.717) is 48.9 Å². The number of aryl methyl sites for hydroxylation is 2. The van der Waals surface area contributed by atoms with E-state index in [0.717, 1.165) is 81.2 Å². The smallest absolute Gasteiger partial charge is 0.340 e. The highest BCUT2D eigenvalue weighted by molar-refractivity contribution is 5.94. The van der Waals surface area contributed by atoms with Crippen LogP contribution in [-0.4, -0.2) is 156 Å². The van der Waals surface area contributed by atoms with E-state index in [2.05, 4.69) is 27.7 Å². The number of carbonyl (C=O) groups is 10. The zero-order valence-corrected chi connectivity index (χ0v) is 70.4. The van der Waals surface area contributed by atoms with Crippen LogP contribution in [0.15, 0.2) is 115 Å². The largest absolute Gasteiger partial charge is 0.508 e. The van der Waals surface area contributed by atoms with E-state index in [1.807, 2.05) is 6.92 Å². The number of rotatable bonds is 44. The van der Waals surface area contributed by atoms with Crippen LogP contribution < -0.4 is 0 Å². The molecule has 0 aromatic heterocycles. The molecule has 690 valence electrons. The Morgan fingerprint density at radius 1 is 0.274 bits per heavy atom. The number of phenolic OH excluding ortho intramolecular Hbond substituents is 2. The zero-order valence-electron chi connectivity index (χ0n) is 70.4. The molecule has 0 saturated heterocycles. The van der Waals surface area contributed by atoms with Gasteiger partial charge in [-0.15, -0.1) is 0 Å². The highest BCUT2D eigenvalue weighted by Crippen LogP contribution is 2.35. The van der Waals surface area contributed by atoms with Crippen molar-refractivity contribution in [2.24, 2.45) is 0 Å². The van der Waals surface area contributed by atoms with Crippen LogP contribution in [0.4, 0.5) is 22.7 Å². The van der Waals surface area contributed by atoms with Gasteiger partial charge in [0.1, 0.15) is 28.2 Å². The van der Waals surface area contributed by atoms with Gasteiger partial charge < -0.3 is 76.6 Å². The summed E-state index contributed by atoms with van der Waals surface area (Å²) in [7, 11) is 0. The van der Waals surface area contributed by atoms with Gasteiger partial charge in [-0.2, -0.15) is 0 Å². The predicted molar refractivity (Wildman–Crippen MR) is 462 cm³/mol. The molecular weight excluding hydrogens is 1630 g/mol. The molecule has 15 N–H and O–H groups in total. The minimum absolute atomic E-state index is 0. The van der Waals surface area contributed by atoms with E-state index >= 15 is 0 Å². The highest BCUT2D eigenvalue weighted by atomic mass is 16.6. The van der Waals surface area contributed by atoms with E-state index in [-0.39, 0.29) is 35.6 Å². The Hall–Kier alpha value is -13.4. The van der Waals surface area contributed by atoms with Crippen LogP contribution >= 0.6 is 0 Å². The number of hydrogen-bond donors (Lipinski definition) is 15.